The summed E-state index contributed by atoms with van der Waals surface area (Å²) in [5.41, 5.74) is 0.924. The van der Waals surface area contributed by atoms with E-state index in [1.54, 1.807) is 22.8 Å². The molecule has 0 radical (unpaired) electrons. The van der Waals surface area contributed by atoms with Gasteiger partial charge in [0.2, 0.25) is 0 Å². The highest BCUT2D eigenvalue weighted by atomic mass is 35.5. The van der Waals surface area contributed by atoms with Gasteiger partial charge in [-0.3, -0.25) is 0 Å². The normalized spacial score (nSPS) is 13.9. The van der Waals surface area contributed by atoms with Crippen LogP contribution in [0.2, 0.25) is 10.0 Å². The Morgan fingerprint density at radius 2 is 1.50 bits per heavy atom. The van der Waals surface area contributed by atoms with Gasteiger partial charge >= 0.3 is 0 Å². The van der Waals surface area contributed by atoms with E-state index in [1.807, 2.05) is 67.3 Å². The van der Waals surface area contributed by atoms with Gasteiger partial charge in [-0.25, -0.2) is 0 Å². The second kappa shape index (κ2) is 7.41. The topological polar surface area (TPSA) is 30.1 Å². The summed E-state index contributed by atoms with van der Waals surface area (Å²) in [5.74, 6) is 0. The molecule has 2 aromatic carbocycles. The van der Waals surface area contributed by atoms with Crippen LogP contribution in [-0.4, -0.2) is 14.2 Å². The lowest BCUT2D eigenvalue weighted by Crippen LogP contribution is -2.27. The molecule has 3 rings (SSSR count). The summed E-state index contributed by atoms with van der Waals surface area (Å²) < 4.78 is 4.23. The number of aliphatic hydroxyl groups is 1. The zero-order chi connectivity index (χ0) is 18.9. The van der Waals surface area contributed by atoms with E-state index in [-0.39, 0.29) is 0 Å². The lowest BCUT2D eigenvalue weighted by molar-refractivity contribution is 0.127. The van der Waals surface area contributed by atoms with Crippen molar-refractivity contribution >= 4 is 41.5 Å². The first kappa shape index (κ1) is 18.9. The molecule has 0 aliphatic rings. The third kappa shape index (κ3) is 3.64. The number of rotatable bonds is 4. The van der Waals surface area contributed by atoms with Crippen molar-refractivity contribution in [2.45, 2.75) is 5.60 Å². The van der Waals surface area contributed by atoms with Gasteiger partial charge in [0.15, 0.2) is 4.77 Å². The lowest BCUT2D eigenvalue weighted by Gasteiger charge is -2.26. The van der Waals surface area contributed by atoms with E-state index in [9.17, 15) is 5.11 Å². The average Bonchev–Trinajstić information content (AvgIpc) is 2.89. The average molecular weight is 405 g/mol. The fourth-order valence-electron chi connectivity index (χ4n) is 2.84. The Kier molecular flexibility index (Phi) is 5.39. The molecule has 1 aromatic heterocycles. The van der Waals surface area contributed by atoms with Crippen molar-refractivity contribution in [3.8, 4) is 0 Å². The number of aromatic nitrogens is 2. The van der Waals surface area contributed by atoms with E-state index in [0.717, 1.165) is 5.56 Å². The molecule has 0 amide bonds. The van der Waals surface area contributed by atoms with Crippen LogP contribution in [0.1, 0.15) is 16.8 Å². The van der Waals surface area contributed by atoms with Crippen LogP contribution in [0.15, 0.2) is 60.8 Å². The molecule has 0 aliphatic heterocycles. The zero-order valence-electron chi connectivity index (χ0n) is 14.4. The summed E-state index contributed by atoms with van der Waals surface area (Å²) in [6.45, 7) is 0. The Balaban J connectivity index is 2.15. The number of nitrogens with zero attached hydrogens (tertiary/aromatic N) is 2. The lowest BCUT2D eigenvalue weighted by atomic mass is 9.89. The minimum atomic E-state index is -1.37. The molecule has 1 N–H and O–H groups in total. The van der Waals surface area contributed by atoms with Crippen LogP contribution in [0, 0.1) is 4.77 Å². The predicted octanol–water partition coefficient (Wildman–Crippen LogP) is 5.35. The monoisotopic (exact) mass is 404 g/mol. The number of hydrogen-bond donors (Lipinski definition) is 1. The first-order chi connectivity index (χ1) is 12.3. The molecule has 3 aromatic rings. The van der Waals surface area contributed by atoms with Gasteiger partial charge in [-0.05, 0) is 53.7 Å². The van der Waals surface area contributed by atoms with Gasteiger partial charge in [0, 0.05) is 30.3 Å². The summed E-state index contributed by atoms with van der Waals surface area (Å²) in [7, 11) is 3.70. The summed E-state index contributed by atoms with van der Waals surface area (Å²) in [4.78, 5) is 0. The summed E-state index contributed by atoms with van der Waals surface area (Å²) in [5, 5.41) is 12.9. The minimum Gasteiger partial charge on any atom is -0.375 e. The van der Waals surface area contributed by atoms with Gasteiger partial charge in [-0.15, -0.1) is 0 Å². The molecule has 0 fully saturated rings. The van der Waals surface area contributed by atoms with Crippen molar-refractivity contribution in [3.05, 3.63) is 92.4 Å². The van der Waals surface area contributed by atoms with Gasteiger partial charge in [0.25, 0.3) is 0 Å². The van der Waals surface area contributed by atoms with Crippen LogP contribution in [0.3, 0.4) is 0 Å². The van der Waals surface area contributed by atoms with E-state index >= 15 is 0 Å². The van der Waals surface area contributed by atoms with E-state index in [1.165, 1.54) is 0 Å². The summed E-state index contributed by atoms with van der Waals surface area (Å²) in [6, 6.07) is 14.5. The largest absolute Gasteiger partial charge is 0.375 e. The number of aryl methyl sites for hydroxylation is 1. The van der Waals surface area contributed by atoms with Gasteiger partial charge < -0.3 is 14.2 Å². The van der Waals surface area contributed by atoms with E-state index in [2.05, 4.69) is 0 Å². The molecule has 6 heteroatoms. The van der Waals surface area contributed by atoms with Crippen LogP contribution in [0.4, 0.5) is 0 Å². The molecule has 3 nitrogen and oxygen atoms in total. The van der Waals surface area contributed by atoms with E-state index < -0.39 is 5.60 Å². The van der Waals surface area contributed by atoms with Crippen molar-refractivity contribution in [2.24, 2.45) is 14.1 Å². The van der Waals surface area contributed by atoms with Crippen LogP contribution in [0.25, 0.3) is 6.08 Å². The summed E-state index contributed by atoms with van der Waals surface area (Å²) >= 11 is 17.4. The Morgan fingerprint density at radius 3 is 2.00 bits per heavy atom. The number of imidazole rings is 1. The fourth-order valence-corrected chi connectivity index (χ4v) is 3.25. The molecule has 0 saturated carbocycles. The standard InChI is InChI=1S/C20H18Cl2N2OS/c1-23-13-18(24(2)19(23)26)20(25,15-5-9-17(22)10-6-15)12-11-14-3-7-16(21)8-4-14/h3-13,25H,1-2H3/b12-11+. The highest BCUT2D eigenvalue weighted by molar-refractivity contribution is 7.71. The van der Waals surface area contributed by atoms with Crippen molar-refractivity contribution < 1.29 is 5.11 Å². The molecule has 0 aliphatic carbocycles. The molecular formula is C20H18Cl2N2OS. The van der Waals surface area contributed by atoms with Crippen LogP contribution in [-0.2, 0) is 19.7 Å². The smallest absolute Gasteiger partial charge is 0.179 e. The molecule has 1 unspecified atom stereocenters. The van der Waals surface area contributed by atoms with Crippen molar-refractivity contribution in [3.63, 3.8) is 0 Å². The molecule has 0 saturated heterocycles. The maximum absolute atomic E-state index is 11.6. The second-order valence-corrected chi connectivity index (χ2v) is 7.36. The third-order valence-corrected chi connectivity index (χ3v) is 5.39. The maximum Gasteiger partial charge on any atom is 0.179 e. The first-order valence-corrected chi connectivity index (χ1v) is 9.14. The highest BCUT2D eigenvalue weighted by Gasteiger charge is 2.32. The molecule has 134 valence electrons. The zero-order valence-corrected chi connectivity index (χ0v) is 16.7. The first-order valence-electron chi connectivity index (χ1n) is 7.97. The molecule has 26 heavy (non-hydrogen) atoms. The van der Waals surface area contributed by atoms with Gasteiger partial charge in [0.05, 0.1) is 5.69 Å². The maximum atomic E-state index is 11.6. The Hall–Kier alpha value is -1.85. The van der Waals surface area contributed by atoms with Crippen LogP contribution >= 0.6 is 35.4 Å². The highest BCUT2D eigenvalue weighted by Crippen LogP contribution is 2.33. The fraction of sp³-hybridized carbons (Fsp3) is 0.150. The molecule has 1 atom stereocenters. The molecule has 0 spiro atoms. The number of benzene rings is 2. The van der Waals surface area contributed by atoms with E-state index in [4.69, 9.17) is 35.4 Å². The Bertz CT molecular complexity index is 1000. The number of halogens is 2. The van der Waals surface area contributed by atoms with Gasteiger partial charge in [0.1, 0.15) is 5.60 Å². The van der Waals surface area contributed by atoms with Gasteiger partial charge in [-0.1, -0.05) is 53.5 Å². The second-order valence-electron chi connectivity index (χ2n) is 6.12. The van der Waals surface area contributed by atoms with Gasteiger partial charge in [-0.2, -0.15) is 0 Å². The molecule has 1 heterocycles. The van der Waals surface area contributed by atoms with E-state index in [0.29, 0.717) is 26.1 Å². The van der Waals surface area contributed by atoms with Crippen molar-refractivity contribution in [1.29, 1.82) is 0 Å². The van der Waals surface area contributed by atoms with Crippen molar-refractivity contribution in [1.82, 2.24) is 9.13 Å². The number of hydrogen-bond acceptors (Lipinski definition) is 2. The van der Waals surface area contributed by atoms with Crippen LogP contribution in [0.5, 0.6) is 0 Å². The minimum absolute atomic E-state index is 0.610. The SMILES string of the molecule is Cn1cc(C(O)(/C=C/c2ccc(Cl)cc2)c2ccc(Cl)cc2)n(C)c1=S. The third-order valence-electron chi connectivity index (χ3n) is 4.33. The quantitative estimate of drug-likeness (QED) is 0.593. The Labute approximate surface area is 167 Å². The molecular weight excluding hydrogens is 387 g/mol. The van der Waals surface area contributed by atoms with Crippen molar-refractivity contribution in [2.75, 3.05) is 0 Å². The Morgan fingerprint density at radius 1 is 0.962 bits per heavy atom. The molecule has 0 bridgehead atoms. The van der Waals surface area contributed by atoms with Crippen LogP contribution < -0.4 is 0 Å². The summed E-state index contributed by atoms with van der Waals surface area (Å²) in [6.07, 6.45) is 5.45. The predicted molar refractivity (Wildman–Crippen MR) is 110 cm³/mol.